The Balaban J connectivity index is 1.49. The summed E-state index contributed by atoms with van der Waals surface area (Å²) in [5, 5.41) is 3.47. The Labute approximate surface area is 124 Å². The van der Waals surface area contributed by atoms with Gasteiger partial charge in [-0.2, -0.15) is 0 Å². The van der Waals surface area contributed by atoms with E-state index in [-0.39, 0.29) is 0 Å². The number of hydrogen-bond donors (Lipinski definition) is 1. The van der Waals surface area contributed by atoms with Gasteiger partial charge < -0.3 is 10.1 Å². The third-order valence-electron chi connectivity index (χ3n) is 4.63. The van der Waals surface area contributed by atoms with E-state index in [1.54, 1.807) is 12.5 Å². The summed E-state index contributed by atoms with van der Waals surface area (Å²) in [6.07, 6.45) is 6.06. The molecule has 2 atom stereocenters. The van der Waals surface area contributed by atoms with Crippen molar-refractivity contribution >= 4 is 0 Å². The number of ether oxygens (including phenoxy) is 1. The summed E-state index contributed by atoms with van der Waals surface area (Å²) in [5.74, 6) is 2.56. The van der Waals surface area contributed by atoms with Crippen molar-refractivity contribution in [2.24, 2.45) is 11.8 Å². The van der Waals surface area contributed by atoms with Crippen molar-refractivity contribution < 1.29 is 4.74 Å². The van der Waals surface area contributed by atoms with Crippen LogP contribution in [0.25, 0.3) is 11.3 Å². The van der Waals surface area contributed by atoms with E-state index in [0.29, 0.717) is 6.10 Å². The number of nitrogens with one attached hydrogen (secondary N) is 1. The second-order valence-electron chi connectivity index (χ2n) is 6.01. The van der Waals surface area contributed by atoms with E-state index in [1.165, 1.54) is 12.8 Å². The van der Waals surface area contributed by atoms with Gasteiger partial charge in [0.15, 0.2) is 0 Å². The van der Waals surface area contributed by atoms with Crippen LogP contribution in [-0.4, -0.2) is 29.2 Å². The number of fused-ring (bicyclic) bond motifs is 1. The zero-order chi connectivity index (χ0) is 14.1. The van der Waals surface area contributed by atoms with E-state index in [1.807, 2.05) is 18.2 Å². The zero-order valence-corrected chi connectivity index (χ0v) is 11.9. The molecule has 108 valence electrons. The normalized spacial score (nSPS) is 25.0. The van der Waals surface area contributed by atoms with Gasteiger partial charge in [-0.1, -0.05) is 12.1 Å². The molecular formula is C17H19N3O. The van der Waals surface area contributed by atoms with Crippen molar-refractivity contribution in [3.05, 3.63) is 42.9 Å². The molecule has 2 aromatic rings. The van der Waals surface area contributed by atoms with Crippen LogP contribution in [-0.2, 0) is 0 Å². The summed E-state index contributed by atoms with van der Waals surface area (Å²) in [6, 6.07) is 10.1. The SMILES string of the molecule is c1cc(OC2C[C@@H]3CNC[C@H]3C2)cc(-c2ccncn2)c1. The van der Waals surface area contributed by atoms with Crippen molar-refractivity contribution in [1.29, 1.82) is 0 Å². The van der Waals surface area contributed by atoms with E-state index < -0.39 is 0 Å². The molecule has 1 N–H and O–H groups in total. The molecule has 1 aromatic carbocycles. The molecule has 2 fully saturated rings. The lowest BCUT2D eigenvalue weighted by Crippen LogP contribution is -2.18. The van der Waals surface area contributed by atoms with Crippen LogP contribution in [0.5, 0.6) is 5.75 Å². The van der Waals surface area contributed by atoms with Crippen LogP contribution < -0.4 is 10.1 Å². The highest BCUT2D eigenvalue weighted by Crippen LogP contribution is 2.36. The van der Waals surface area contributed by atoms with E-state index in [2.05, 4.69) is 27.4 Å². The standard InChI is InChI=1S/C17H19N3O/c1-2-12(17-4-5-18-11-20-17)6-15(3-1)21-16-7-13-9-19-10-14(13)8-16/h1-6,11,13-14,16,19H,7-10H2/t13-,14-/m1/s1. The molecule has 4 rings (SSSR count). The predicted molar refractivity (Wildman–Crippen MR) is 81.0 cm³/mol. The van der Waals surface area contributed by atoms with Gasteiger partial charge in [0, 0.05) is 11.8 Å². The highest BCUT2D eigenvalue weighted by molar-refractivity contribution is 5.60. The first-order valence-corrected chi connectivity index (χ1v) is 7.62. The first-order valence-electron chi connectivity index (χ1n) is 7.62. The number of rotatable bonds is 3. The summed E-state index contributed by atoms with van der Waals surface area (Å²) < 4.78 is 6.20. The molecular weight excluding hydrogens is 262 g/mol. The average molecular weight is 281 g/mol. The van der Waals surface area contributed by atoms with Gasteiger partial charge in [-0.15, -0.1) is 0 Å². The molecule has 2 aliphatic rings. The Bertz CT molecular complexity index is 604. The van der Waals surface area contributed by atoms with Crippen LogP contribution in [0.2, 0.25) is 0 Å². The molecule has 0 radical (unpaired) electrons. The Hall–Kier alpha value is -1.94. The van der Waals surface area contributed by atoms with Crippen LogP contribution in [0, 0.1) is 11.8 Å². The maximum Gasteiger partial charge on any atom is 0.120 e. The number of nitrogens with zero attached hydrogens (tertiary/aromatic N) is 2. The van der Waals surface area contributed by atoms with E-state index in [9.17, 15) is 0 Å². The fourth-order valence-corrected chi connectivity index (χ4v) is 3.59. The number of benzene rings is 1. The van der Waals surface area contributed by atoms with Crippen molar-refractivity contribution in [2.75, 3.05) is 13.1 Å². The molecule has 0 amide bonds. The van der Waals surface area contributed by atoms with Crippen LogP contribution in [0.1, 0.15) is 12.8 Å². The molecule has 1 aromatic heterocycles. The van der Waals surface area contributed by atoms with E-state index >= 15 is 0 Å². The maximum atomic E-state index is 6.20. The van der Waals surface area contributed by atoms with Crippen LogP contribution in [0.4, 0.5) is 0 Å². The van der Waals surface area contributed by atoms with Crippen molar-refractivity contribution in [3.8, 4) is 17.0 Å². The minimum Gasteiger partial charge on any atom is -0.490 e. The third-order valence-corrected chi connectivity index (χ3v) is 4.63. The molecule has 1 aliphatic carbocycles. The second-order valence-corrected chi connectivity index (χ2v) is 6.01. The zero-order valence-electron chi connectivity index (χ0n) is 11.9. The summed E-state index contributed by atoms with van der Waals surface area (Å²) >= 11 is 0. The second kappa shape index (κ2) is 5.45. The Morgan fingerprint density at radius 2 is 1.95 bits per heavy atom. The van der Waals surface area contributed by atoms with Crippen LogP contribution in [0.15, 0.2) is 42.9 Å². The lowest BCUT2D eigenvalue weighted by atomic mass is 10.0. The van der Waals surface area contributed by atoms with Crippen LogP contribution >= 0.6 is 0 Å². The van der Waals surface area contributed by atoms with Gasteiger partial charge in [-0.05, 0) is 56.0 Å². The van der Waals surface area contributed by atoms with Gasteiger partial charge in [-0.25, -0.2) is 9.97 Å². The Kier molecular flexibility index (Phi) is 3.31. The summed E-state index contributed by atoms with van der Waals surface area (Å²) in [4.78, 5) is 8.25. The lowest BCUT2D eigenvalue weighted by Gasteiger charge is -2.15. The van der Waals surface area contributed by atoms with Gasteiger partial charge in [0.1, 0.15) is 12.1 Å². The van der Waals surface area contributed by atoms with Gasteiger partial charge in [0.2, 0.25) is 0 Å². The molecule has 1 saturated heterocycles. The minimum absolute atomic E-state index is 0.364. The van der Waals surface area contributed by atoms with Gasteiger partial charge in [-0.3, -0.25) is 0 Å². The fourth-order valence-electron chi connectivity index (χ4n) is 3.59. The first kappa shape index (κ1) is 12.8. The quantitative estimate of drug-likeness (QED) is 0.939. The smallest absolute Gasteiger partial charge is 0.120 e. The minimum atomic E-state index is 0.364. The predicted octanol–water partition coefficient (Wildman–Crippen LogP) is 2.52. The van der Waals surface area contributed by atoms with Crippen molar-refractivity contribution in [2.45, 2.75) is 18.9 Å². The molecule has 0 bridgehead atoms. The largest absolute Gasteiger partial charge is 0.490 e. The molecule has 0 unspecified atom stereocenters. The van der Waals surface area contributed by atoms with E-state index in [0.717, 1.165) is 41.9 Å². The van der Waals surface area contributed by atoms with Gasteiger partial charge >= 0.3 is 0 Å². The molecule has 4 nitrogen and oxygen atoms in total. The highest BCUT2D eigenvalue weighted by atomic mass is 16.5. The molecule has 2 heterocycles. The molecule has 1 aliphatic heterocycles. The van der Waals surface area contributed by atoms with Crippen molar-refractivity contribution in [1.82, 2.24) is 15.3 Å². The molecule has 0 spiro atoms. The summed E-state index contributed by atoms with van der Waals surface area (Å²) in [7, 11) is 0. The van der Waals surface area contributed by atoms with Gasteiger partial charge in [0.25, 0.3) is 0 Å². The monoisotopic (exact) mass is 281 g/mol. The Morgan fingerprint density at radius 1 is 1.10 bits per heavy atom. The molecule has 4 heteroatoms. The summed E-state index contributed by atoms with van der Waals surface area (Å²) in [5.41, 5.74) is 2.01. The first-order chi connectivity index (χ1) is 10.4. The average Bonchev–Trinajstić information content (AvgIpc) is 3.10. The fraction of sp³-hybridized carbons (Fsp3) is 0.412. The number of hydrogen-bond acceptors (Lipinski definition) is 4. The van der Waals surface area contributed by atoms with E-state index in [4.69, 9.17) is 4.74 Å². The Morgan fingerprint density at radius 3 is 2.71 bits per heavy atom. The lowest BCUT2D eigenvalue weighted by molar-refractivity contribution is 0.199. The highest BCUT2D eigenvalue weighted by Gasteiger charge is 2.38. The van der Waals surface area contributed by atoms with Gasteiger partial charge in [0.05, 0.1) is 11.8 Å². The topological polar surface area (TPSA) is 47.0 Å². The van der Waals surface area contributed by atoms with Crippen LogP contribution in [0.3, 0.4) is 0 Å². The number of aromatic nitrogens is 2. The molecule has 1 saturated carbocycles. The third kappa shape index (κ3) is 2.63. The maximum absolute atomic E-state index is 6.20. The van der Waals surface area contributed by atoms with Crippen molar-refractivity contribution in [3.63, 3.8) is 0 Å². The molecule has 21 heavy (non-hydrogen) atoms. The summed E-state index contributed by atoms with van der Waals surface area (Å²) in [6.45, 7) is 2.32.